The molecule has 0 aliphatic carbocycles. The first-order valence-corrected chi connectivity index (χ1v) is 12.2. The molecule has 1 heterocycles. The summed E-state index contributed by atoms with van der Waals surface area (Å²) in [5.74, 6) is 0.517. The van der Waals surface area contributed by atoms with E-state index in [2.05, 4.69) is 67.5 Å². The molecule has 30 heavy (non-hydrogen) atoms. The van der Waals surface area contributed by atoms with Gasteiger partial charge < -0.3 is 9.64 Å². The lowest BCUT2D eigenvalue weighted by molar-refractivity contribution is -0.145. The third-order valence-electron chi connectivity index (χ3n) is 5.53. The fourth-order valence-corrected chi connectivity index (χ4v) is 3.44. The van der Waals surface area contributed by atoms with E-state index >= 15 is 0 Å². The van der Waals surface area contributed by atoms with Crippen LogP contribution >= 0.6 is 0 Å². The predicted octanol–water partition coefficient (Wildman–Crippen LogP) is 7.02. The SMILES string of the molecule is CCCCC/C=C\C/C=C\C/C=C\C/C=C\CCCC(=O)OCC1CCN(C)CC1. The van der Waals surface area contributed by atoms with Crippen LogP contribution in [0.25, 0.3) is 0 Å². The maximum atomic E-state index is 11.8. The Morgan fingerprint density at radius 3 is 1.93 bits per heavy atom. The van der Waals surface area contributed by atoms with E-state index in [1.54, 1.807) is 0 Å². The Balaban J connectivity index is 1.91. The Morgan fingerprint density at radius 2 is 1.37 bits per heavy atom. The second-order valence-corrected chi connectivity index (χ2v) is 8.41. The van der Waals surface area contributed by atoms with E-state index in [0.717, 1.165) is 58.0 Å². The quantitative estimate of drug-likeness (QED) is 0.154. The average molecular weight is 416 g/mol. The molecule has 0 amide bonds. The van der Waals surface area contributed by atoms with Crippen molar-refractivity contribution in [1.82, 2.24) is 4.90 Å². The first kappa shape index (κ1) is 26.4. The summed E-state index contributed by atoms with van der Waals surface area (Å²) >= 11 is 0. The highest BCUT2D eigenvalue weighted by Gasteiger charge is 2.17. The van der Waals surface area contributed by atoms with Gasteiger partial charge in [-0.05, 0) is 83.8 Å². The highest BCUT2D eigenvalue weighted by Crippen LogP contribution is 2.16. The third-order valence-corrected chi connectivity index (χ3v) is 5.53. The van der Waals surface area contributed by atoms with Gasteiger partial charge in [0.05, 0.1) is 6.61 Å². The molecule has 3 nitrogen and oxygen atoms in total. The number of unbranched alkanes of at least 4 members (excludes halogenated alkanes) is 4. The highest BCUT2D eigenvalue weighted by molar-refractivity contribution is 5.69. The van der Waals surface area contributed by atoms with Crippen molar-refractivity contribution in [1.29, 1.82) is 0 Å². The van der Waals surface area contributed by atoms with Crippen LogP contribution in [0.1, 0.15) is 84.0 Å². The van der Waals surface area contributed by atoms with E-state index in [1.165, 1.54) is 25.7 Å². The molecule has 3 heteroatoms. The number of ether oxygens (including phenoxy) is 1. The standard InChI is InChI=1S/C27H45NO2/c1-3-4-5-6-7-8-9-10-11-12-13-14-15-16-17-18-19-20-27(29)30-25-26-21-23-28(2)24-22-26/h7-8,10-11,13-14,16-17,26H,3-6,9,12,15,18-25H2,1-2H3/b8-7-,11-10-,14-13-,17-16-. The van der Waals surface area contributed by atoms with Gasteiger partial charge in [-0.1, -0.05) is 68.4 Å². The fourth-order valence-electron chi connectivity index (χ4n) is 3.44. The van der Waals surface area contributed by atoms with Crippen LogP contribution in [-0.4, -0.2) is 37.6 Å². The molecule has 1 aliphatic heterocycles. The minimum Gasteiger partial charge on any atom is -0.465 e. The highest BCUT2D eigenvalue weighted by atomic mass is 16.5. The Bertz CT molecular complexity index is 525. The van der Waals surface area contributed by atoms with Crippen molar-refractivity contribution in [3.8, 4) is 0 Å². The molecule has 0 radical (unpaired) electrons. The van der Waals surface area contributed by atoms with Gasteiger partial charge in [-0.25, -0.2) is 0 Å². The van der Waals surface area contributed by atoms with E-state index in [-0.39, 0.29) is 5.97 Å². The van der Waals surface area contributed by atoms with E-state index in [4.69, 9.17) is 4.74 Å². The number of esters is 1. The molecule has 0 unspecified atom stereocenters. The van der Waals surface area contributed by atoms with Crippen LogP contribution < -0.4 is 0 Å². The van der Waals surface area contributed by atoms with Crippen molar-refractivity contribution in [3.05, 3.63) is 48.6 Å². The summed E-state index contributed by atoms with van der Waals surface area (Å²) in [5.41, 5.74) is 0. The molecule has 1 aliphatic rings. The maximum Gasteiger partial charge on any atom is 0.305 e. The maximum absolute atomic E-state index is 11.8. The van der Waals surface area contributed by atoms with Crippen molar-refractivity contribution in [2.24, 2.45) is 5.92 Å². The molecule has 1 rings (SSSR count). The van der Waals surface area contributed by atoms with Gasteiger partial charge in [0.15, 0.2) is 0 Å². The van der Waals surface area contributed by atoms with Gasteiger partial charge in [0.1, 0.15) is 0 Å². The Hall–Kier alpha value is -1.61. The molecule has 0 aromatic carbocycles. The van der Waals surface area contributed by atoms with E-state index in [9.17, 15) is 4.79 Å². The molecule has 0 saturated carbocycles. The van der Waals surface area contributed by atoms with Crippen LogP contribution in [0.3, 0.4) is 0 Å². The van der Waals surface area contributed by atoms with Crippen molar-refractivity contribution in [2.75, 3.05) is 26.7 Å². The van der Waals surface area contributed by atoms with Crippen LogP contribution in [0.5, 0.6) is 0 Å². The number of rotatable bonds is 16. The minimum absolute atomic E-state index is 0.0372. The second kappa shape index (κ2) is 19.4. The van der Waals surface area contributed by atoms with Gasteiger partial charge in [-0.2, -0.15) is 0 Å². The summed E-state index contributed by atoms with van der Waals surface area (Å²) in [7, 11) is 2.15. The lowest BCUT2D eigenvalue weighted by Crippen LogP contribution is -2.32. The largest absolute Gasteiger partial charge is 0.465 e. The van der Waals surface area contributed by atoms with Gasteiger partial charge in [0.2, 0.25) is 0 Å². The van der Waals surface area contributed by atoms with Crippen molar-refractivity contribution in [3.63, 3.8) is 0 Å². The summed E-state index contributed by atoms with van der Waals surface area (Å²) in [6.07, 6.45) is 30.6. The zero-order valence-electron chi connectivity index (χ0n) is 19.6. The molecule has 0 bridgehead atoms. The summed E-state index contributed by atoms with van der Waals surface area (Å²) in [6, 6.07) is 0. The molecule has 1 saturated heterocycles. The monoisotopic (exact) mass is 415 g/mol. The van der Waals surface area contributed by atoms with Crippen molar-refractivity contribution in [2.45, 2.75) is 84.0 Å². The number of hydrogen-bond donors (Lipinski definition) is 0. The van der Waals surface area contributed by atoms with Gasteiger partial charge in [0, 0.05) is 6.42 Å². The first-order chi connectivity index (χ1) is 14.7. The Labute approximate surface area is 185 Å². The van der Waals surface area contributed by atoms with Gasteiger partial charge >= 0.3 is 5.97 Å². The number of nitrogens with zero attached hydrogens (tertiary/aromatic N) is 1. The van der Waals surface area contributed by atoms with Crippen LogP contribution in [0.15, 0.2) is 48.6 Å². The summed E-state index contributed by atoms with van der Waals surface area (Å²) < 4.78 is 5.44. The summed E-state index contributed by atoms with van der Waals surface area (Å²) in [5, 5.41) is 0. The summed E-state index contributed by atoms with van der Waals surface area (Å²) in [4.78, 5) is 14.2. The lowest BCUT2D eigenvalue weighted by Gasteiger charge is -2.28. The van der Waals surface area contributed by atoms with Crippen LogP contribution in [-0.2, 0) is 9.53 Å². The molecule has 0 atom stereocenters. The number of carbonyl (C=O) groups is 1. The van der Waals surface area contributed by atoms with E-state index in [1.807, 2.05) is 0 Å². The minimum atomic E-state index is -0.0372. The predicted molar refractivity (Wildman–Crippen MR) is 130 cm³/mol. The number of carbonyl (C=O) groups excluding carboxylic acids is 1. The molecule has 0 spiro atoms. The second-order valence-electron chi connectivity index (χ2n) is 8.41. The molecule has 1 fully saturated rings. The number of likely N-dealkylation sites (tertiary alicyclic amines) is 1. The fraction of sp³-hybridized carbons (Fsp3) is 0.667. The van der Waals surface area contributed by atoms with Crippen LogP contribution in [0.4, 0.5) is 0 Å². The van der Waals surface area contributed by atoms with E-state index in [0.29, 0.717) is 18.9 Å². The van der Waals surface area contributed by atoms with Crippen LogP contribution in [0.2, 0.25) is 0 Å². The Kier molecular flexibility index (Phi) is 17.1. The van der Waals surface area contributed by atoms with Crippen molar-refractivity contribution >= 4 is 5.97 Å². The van der Waals surface area contributed by atoms with E-state index < -0.39 is 0 Å². The van der Waals surface area contributed by atoms with Gasteiger partial charge in [0.25, 0.3) is 0 Å². The molecule has 170 valence electrons. The lowest BCUT2D eigenvalue weighted by atomic mass is 9.98. The zero-order valence-corrected chi connectivity index (χ0v) is 19.6. The molecular formula is C27H45NO2. The first-order valence-electron chi connectivity index (χ1n) is 12.2. The Morgan fingerprint density at radius 1 is 0.833 bits per heavy atom. The van der Waals surface area contributed by atoms with Gasteiger partial charge in [-0.3, -0.25) is 4.79 Å². The molecule has 0 N–H and O–H groups in total. The topological polar surface area (TPSA) is 29.5 Å². The zero-order chi connectivity index (χ0) is 21.7. The number of hydrogen-bond acceptors (Lipinski definition) is 3. The molecule has 0 aromatic heterocycles. The van der Waals surface area contributed by atoms with Crippen molar-refractivity contribution < 1.29 is 9.53 Å². The number of allylic oxidation sites excluding steroid dienone is 8. The van der Waals surface area contributed by atoms with Crippen LogP contribution in [0, 0.1) is 5.92 Å². The smallest absolute Gasteiger partial charge is 0.305 e. The average Bonchev–Trinajstić information content (AvgIpc) is 2.75. The number of piperidine rings is 1. The normalized spacial score (nSPS) is 16.6. The molecular weight excluding hydrogens is 370 g/mol. The van der Waals surface area contributed by atoms with Gasteiger partial charge in [-0.15, -0.1) is 0 Å². The summed E-state index contributed by atoms with van der Waals surface area (Å²) in [6.45, 7) is 5.09. The third kappa shape index (κ3) is 16.2. The molecule has 0 aromatic rings.